The first kappa shape index (κ1) is 17.3. The zero-order chi connectivity index (χ0) is 17.0. The molecule has 10 heteroatoms. The molecule has 2 aliphatic rings. The molecule has 2 saturated heterocycles. The number of piperidine rings is 1. The van der Waals surface area contributed by atoms with Crippen molar-refractivity contribution in [2.75, 3.05) is 46.5 Å². The van der Waals surface area contributed by atoms with E-state index < -0.39 is 10.2 Å². The van der Waals surface area contributed by atoms with Crippen molar-refractivity contribution in [3.63, 3.8) is 0 Å². The number of nitrogens with zero attached hydrogens (tertiary/aromatic N) is 4. The van der Waals surface area contributed by atoms with Crippen LogP contribution in [0.3, 0.4) is 0 Å². The van der Waals surface area contributed by atoms with E-state index in [4.69, 9.17) is 14.2 Å². The van der Waals surface area contributed by atoms with E-state index in [0.717, 1.165) is 0 Å². The maximum absolute atomic E-state index is 12.6. The SMILES string of the molecule is COc1nccc(OC2CCN(S(=O)(=O)N3CCOCC3)CC2)n1. The lowest BCUT2D eigenvalue weighted by molar-refractivity contribution is 0.0675. The highest BCUT2D eigenvalue weighted by Gasteiger charge is 2.34. The van der Waals surface area contributed by atoms with Crippen LogP contribution in [-0.2, 0) is 14.9 Å². The highest BCUT2D eigenvalue weighted by Crippen LogP contribution is 2.21. The molecule has 3 heterocycles. The predicted molar refractivity (Wildman–Crippen MR) is 85.1 cm³/mol. The molecule has 0 saturated carbocycles. The molecule has 0 atom stereocenters. The van der Waals surface area contributed by atoms with Gasteiger partial charge in [0.1, 0.15) is 6.10 Å². The van der Waals surface area contributed by atoms with Crippen LogP contribution >= 0.6 is 0 Å². The molecule has 0 radical (unpaired) electrons. The Kier molecular flexibility index (Phi) is 5.49. The van der Waals surface area contributed by atoms with E-state index in [2.05, 4.69) is 9.97 Å². The van der Waals surface area contributed by atoms with Gasteiger partial charge in [-0.3, -0.25) is 0 Å². The molecule has 1 aromatic rings. The molecule has 0 unspecified atom stereocenters. The Balaban J connectivity index is 1.55. The highest BCUT2D eigenvalue weighted by atomic mass is 32.2. The average Bonchev–Trinajstić information content (AvgIpc) is 2.63. The fourth-order valence-corrected chi connectivity index (χ4v) is 4.39. The second-order valence-corrected chi connectivity index (χ2v) is 7.55. The largest absolute Gasteiger partial charge is 0.474 e. The summed E-state index contributed by atoms with van der Waals surface area (Å²) in [5, 5.41) is 0. The summed E-state index contributed by atoms with van der Waals surface area (Å²) in [4.78, 5) is 8.05. The highest BCUT2D eigenvalue weighted by molar-refractivity contribution is 7.86. The minimum Gasteiger partial charge on any atom is -0.474 e. The van der Waals surface area contributed by atoms with E-state index in [1.165, 1.54) is 15.7 Å². The van der Waals surface area contributed by atoms with E-state index in [0.29, 0.717) is 58.1 Å². The first-order valence-electron chi connectivity index (χ1n) is 7.96. The molecule has 9 nitrogen and oxygen atoms in total. The number of methoxy groups -OCH3 is 1. The third-order valence-electron chi connectivity index (χ3n) is 4.10. The van der Waals surface area contributed by atoms with Gasteiger partial charge in [0, 0.05) is 38.4 Å². The van der Waals surface area contributed by atoms with Gasteiger partial charge in [0.15, 0.2) is 0 Å². The Hall–Kier alpha value is -1.49. The quantitative estimate of drug-likeness (QED) is 0.726. The van der Waals surface area contributed by atoms with Crippen LogP contribution in [0.25, 0.3) is 0 Å². The summed E-state index contributed by atoms with van der Waals surface area (Å²) >= 11 is 0. The third kappa shape index (κ3) is 3.94. The smallest absolute Gasteiger partial charge is 0.319 e. The van der Waals surface area contributed by atoms with Crippen LogP contribution in [-0.4, -0.2) is 79.6 Å². The van der Waals surface area contributed by atoms with Gasteiger partial charge in [-0.2, -0.15) is 22.0 Å². The van der Waals surface area contributed by atoms with Crippen molar-refractivity contribution in [2.24, 2.45) is 0 Å². The van der Waals surface area contributed by atoms with Crippen LogP contribution in [0.4, 0.5) is 0 Å². The standard InChI is InChI=1S/C14H22N4O5S/c1-21-14-15-5-2-13(16-14)23-12-3-6-17(7-4-12)24(19,20)18-8-10-22-11-9-18/h2,5,12H,3-4,6-11H2,1H3. The van der Waals surface area contributed by atoms with Crippen molar-refractivity contribution in [1.29, 1.82) is 0 Å². The molecule has 0 bridgehead atoms. The lowest BCUT2D eigenvalue weighted by Crippen LogP contribution is -2.51. The summed E-state index contributed by atoms with van der Waals surface area (Å²) in [5.41, 5.74) is 0. The molecular formula is C14H22N4O5S. The normalized spacial score (nSPS) is 21.5. The van der Waals surface area contributed by atoms with Crippen molar-refractivity contribution in [1.82, 2.24) is 18.6 Å². The fraction of sp³-hybridized carbons (Fsp3) is 0.714. The van der Waals surface area contributed by atoms with E-state index in [1.54, 1.807) is 12.3 Å². The first-order chi connectivity index (χ1) is 11.6. The van der Waals surface area contributed by atoms with Crippen LogP contribution in [0.2, 0.25) is 0 Å². The number of ether oxygens (including phenoxy) is 3. The Labute approximate surface area is 141 Å². The van der Waals surface area contributed by atoms with Gasteiger partial charge in [-0.25, -0.2) is 4.98 Å². The van der Waals surface area contributed by atoms with E-state index >= 15 is 0 Å². The summed E-state index contributed by atoms with van der Waals surface area (Å²) in [7, 11) is -1.91. The summed E-state index contributed by atoms with van der Waals surface area (Å²) in [6, 6.07) is 1.92. The number of aromatic nitrogens is 2. The maximum Gasteiger partial charge on any atom is 0.319 e. The van der Waals surface area contributed by atoms with Crippen molar-refractivity contribution >= 4 is 10.2 Å². The average molecular weight is 358 g/mol. The van der Waals surface area contributed by atoms with Gasteiger partial charge in [-0.05, 0) is 12.8 Å². The van der Waals surface area contributed by atoms with Gasteiger partial charge in [0.2, 0.25) is 5.88 Å². The van der Waals surface area contributed by atoms with E-state index in [-0.39, 0.29) is 12.1 Å². The molecule has 24 heavy (non-hydrogen) atoms. The Morgan fingerprint density at radius 1 is 1.17 bits per heavy atom. The van der Waals surface area contributed by atoms with Crippen LogP contribution in [0.15, 0.2) is 12.3 Å². The van der Waals surface area contributed by atoms with E-state index in [1.807, 2.05) is 0 Å². The molecule has 0 amide bonds. The van der Waals surface area contributed by atoms with Gasteiger partial charge >= 0.3 is 6.01 Å². The number of morpholine rings is 1. The van der Waals surface area contributed by atoms with Gasteiger partial charge in [0.25, 0.3) is 10.2 Å². The second kappa shape index (κ2) is 7.60. The topological polar surface area (TPSA) is 94.1 Å². The molecular weight excluding hydrogens is 336 g/mol. The second-order valence-electron chi connectivity index (χ2n) is 5.62. The number of hydrogen-bond acceptors (Lipinski definition) is 7. The van der Waals surface area contributed by atoms with Gasteiger partial charge in [-0.1, -0.05) is 0 Å². The molecule has 134 valence electrons. The third-order valence-corrected chi connectivity index (χ3v) is 6.14. The molecule has 3 rings (SSSR count). The van der Waals surface area contributed by atoms with Crippen LogP contribution in [0.5, 0.6) is 11.9 Å². The zero-order valence-electron chi connectivity index (χ0n) is 13.6. The molecule has 0 aliphatic carbocycles. The van der Waals surface area contributed by atoms with E-state index in [9.17, 15) is 8.42 Å². The monoisotopic (exact) mass is 358 g/mol. The minimum absolute atomic E-state index is 0.0688. The van der Waals surface area contributed by atoms with Crippen molar-refractivity contribution in [3.05, 3.63) is 12.3 Å². The molecule has 0 N–H and O–H groups in total. The van der Waals surface area contributed by atoms with Gasteiger partial charge in [-0.15, -0.1) is 0 Å². The minimum atomic E-state index is -3.41. The van der Waals surface area contributed by atoms with Crippen molar-refractivity contribution in [2.45, 2.75) is 18.9 Å². The van der Waals surface area contributed by atoms with Crippen LogP contribution in [0, 0.1) is 0 Å². The van der Waals surface area contributed by atoms with Crippen LogP contribution < -0.4 is 9.47 Å². The summed E-state index contributed by atoms with van der Waals surface area (Å²) in [5.74, 6) is 0.441. The first-order valence-corrected chi connectivity index (χ1v) is 9.36. The summed E-state index contributed by atoms with van der Waals surface area (Å²) in [6.07, 6.45) is 2.74. The fourth-order valence-electron chi connectivity index (χ4n) is 2.78. The lowest BCUT2D eigenvalue weighted by atomic mass is 10.1. The molecule has 0 aromatic carbocycles. The van der Waals surface area contributed by atoms with Gasteiger partial charge in [0.05, 0.1) is 20.3 Å². The maximum atomic E-state index is 12.6. The summed E-state index contributed by atoms with van der Waals surface area (Å²) < 4.78 is 44.2. The molecule has 2 aliphatic heterocycles. The van der Waals surface area contributed by atoms with Crippen LogP contribution in [0.1, 0.15) is 12.8 Å². The Morgan fingerprint density at radius 2 is 1.83 bits per heavy atom. The van der Waals surface area contributed by atoms with Crippen molar-refractivity contribution < 1.29 is 22.6 Å². The number of hydrogen-bond donors (Lipinski definition) is 0. The Bertz CT molecular complexity index is 642. The zero-order valence-corrected chi connectivity index (χ0v) is 14.4. The van der Waals surface area contributed by atoms with Crippen molar-refractivity contribution in [3.8, 4) is 11.9 Å². The van der Waals surface area contributed by atoms with Gasteiger partial charge < -0.3 is 14.2 Å². The lowest BCUT2D eigenvalue weighted by Gasteiger charge is -2.35. The molecule has 0 spiro atoms. The predicted octanol–water partition coefficient (Wildman–Crippen LogP) is -0.0946. The Morgan fingerprint density at radius 3 is 2.50 bits per heavy atom. The summed E-state index contributed by atoms with van der Waals surface area (Å²) in [6.45, 7) is 2.61. The molecule has 1 aromatic heterocycles. The number of rotatable bonds is 5. The molecule has 2 fully saturated rings.